The number of alkyl halides is 3. The first-order valence-corrected chi connectivity index (χ1v) is 11.0. The summed E-state index contributed by atoms with van der Waals surface area (Å²) in [5.74, 6) is -0.0626. The maximum absolute atomic E-state index is 12.7. The number of hydrogen-bond donors (Lipinski definition) is 2. The van der Waals surface area contributed by atoms with E-state index in [4.69, 9.17) is 0 Å². The lowest BCUT2D eigenvalue weighted by Gasteiger charge is -2.18. The summed E-state index contributed by atoms with van der Waals surface area (Å²) < 4.78 is 66.0. The molecule has 0 radical (unpaired) electrons. The predicted octanol–water partition coefficient (Wildman–Crippen LogP) is 2.81. The number of sulfonamides is 1. The highest BCUT2D eigenvalue weighted by Gasteiger charge is 2.94. The van der Waals surface area contributed by atoms with Crippen LogP contribution in [0, 0.1) is 22.0 Å². The van der Waals surface area contributed by atoms with Crippen LogP contribution in [0.4, 0.5) is 29.3 Å². The highest BCUT2D eigenvalue weighted by atomic mass is 32.2. The number of nitro groups is 1. The highest BCUT2D eigenvalue weighted by Crippen LogP contribution is 2.78. The van der Waals surface area contributed by atoms with Gasteiger partial charge in [-0.2, -0.15) is 13.2 Å². The van der Waals surface area contributed by atoms with E-state index in [0.717, 1.165) is 48.5 Å². The second-order valence-corrected chi connectivity index (χ2v) is 9.71. The molecule has 2 N–H and O–H groups in total. The molecule has 168 valence electrons. The van der Waals surface area contributed by atoms with E-state index in [1.54, 1.807) is 0 Å². The van der Waals surface area contributed by atoms with Gasteiger partial charge in [-0.1, -0.05) is 0 Å². The molecule has 2 aliphatic carbocycles. The number of nitrogens with one attached hydrogen (secondary N) is 2. The summed E-state index contributed by atoms with van der Waals surface area (Å²) in [4.78, 5) is 24.0. The quantitative estimate of drug-likeness (QED) is 0.516. The first-order chi connectivity index (χ1) is 14.9. The van der Waals surface area contributed by atoms with Gasteiger partial charge in [0.15, 0.2) is 0 Å². The predicted molar refractivity (Wildman–Crippen MR) is 104 cm³/mol. The zero-order valence-corrected chi connectivity index (χ0v) is 16.9. The van der Waals surface area contributed by atoms with Crippen LogP contribution in [-0.2, 0) is 16.2 Å². The Labute approximate surface area is 179 Å². The van der Waals surface area contributed by atoms with Crippen LogP contribution in [0.15, 0.2) is 53.4 Å². The van der Waals surface area contributed by atoms with Crippen molar-refractivity contribution in [2.75, 3.05) is 11.9 Å². The fourth-order valence-electron chi connectivity index (χ4n) is 4.68. The number of anilines is 1. The Hall–Kier alpha value is -3.19. The number of rotatable bonds is 5. The molecule has 2 amide bonds. The molecule has 0 spiro atoms. The average molecular weight is 468 g/mol. The van der Waals surface area contributed by atoms with Crippen molar-refractivity contribution in [1.29, 1.82) is 0 Å². The SMILES string of the molecule is O=C(Nc1ccc(C(F)(F)F)cc1)N1C[C@H]2[C@H]3C1[C@@]32NS(=O)(=O)c1ccc([N+](=O)[O-])cc1. The molecule has 2 aromatic carbocycles. The van der Waals surface area contributed by atoms with Gasteiger partial charge in [-0.15, -0.1) is 0 Å². The van der Waals surface area contributed by atoms with Crippen LogP contribution in [0.1, 0.15) is 5.56 Å². The van der Waals surface area contributed by atoms with Gasteiger partial charge in [-0.05, 0) is 36.4 Å². The lowest BCUT2D eigenvalue weighted by Crippen LogP contribution is -2.40. The lowest BCUT2D eigenvalue weighted by atomic mass is 10.2. The van der Waals surface area contributed by atoms with Gasteiger partial charge in [0.05, 0.1) is 27.0 Å². The largest absolute Gasteiger partial charge is 0.416 e. The summed E-state index contributed by atoms with van der Waals surface area (Å²) in [5, 5.41) is 13.3. The van der Waals surface area contributed by atoms with Crippen molar-refractivity contribution in [3.63, 3.8) is 0 Å². The van der Waals surface area contributed by atoms with E-state index >= 15 is 0 Å². The van der Waals surface area contributed by atoms with E-state index in [9.17, 15) is 36.5 Å². The van der Waals surface area contributed by atoms with Gasteiger partial charge in [0.25, 0.3) is 5.69 Å². The van der Waals surface area contributed by atoms with Gasteiger partial charge in [-0.3, -0.25) is 10.1 Å². The van der Waals surface area contributed by atoms with Crippen molar-refractivity contribution >= 4 is 27.4 Å². The summed E-state index contributed by atoms with van der Waals surface area (Å²) in [6.45, 7) is 0.324. The molecule has 2 bridgehead atoms. The second kappa shape index (κ2) is 6.42. The third kappa shape index (κ3) is 3.03. The minimum absolute atomic E-state index is 0.0197. The Balaban J connectivity index is 1.24. The zero-order chi connectivity index (χ0) is 23.1. The number of fused-ring (bicyclic) bond motifs is 1. The molecule has 32 heavy (non-hydrogen) atoms. The van der Waals surface area contributed by atoms with Crippen LogP contribution in [0.5, 0.6) is 0 Å². The number of benzene rings is 2. The molecule has 6 rings (SSSR count). The van der Waals surface area contributed by atoms with Crippen LogP contribution < -0.4 is 10.0 Å². The Bertz CT molecular complexity index is 1230. The molecule has 0 aromatic heterocycles. The first kappa shape index (κ1) is 20.7. The normalized spacial score (nSPS) is 27.6. The Morgan fingerprint density at radius 2 is 1.75 bits per heavy atom. The minimum atomic E-state index is -4.48. The summed E-state index contributed by atoms with van der Waals surface area (Å²) >= 11 is 0. The smallest absolute Gasteiger partial charge is 0.319 e. The third-order valence-corrected chi connectivity index (χ3v) is 7.85. The molecule has 2 saturated carbocycles. The van der Waals surface area contributed by atoms with Gasteiger partial charge < -0.3 is 10.2 Å². The Kier molecular flexibility index (Phi) is 4.15. The standard InChI is InChI=1S/C19H15F3N4O5S/c20-19(21,22)10-1-3-11(4-2-10)23-17(27)25-9-14-15-16(25)18(14,15)24-32(30,31)13-7-5-12(6-8-13)26(28)29/h1-8,14-16,24H,9H2,(H,23,27)/t14-,15-,16?,18-/m0/s1. The number of piperidine rings is 1. The van der Waals surface area contributed by atoms with Crippen molar-refractivity contribution in [2.45, 2.75) is 22.7 Å². The van der Waals surface area contributed by atoms with Gasteiger partial charge in [0, 0.05) is 36.2 Å². The van der Waals surface area contributed by atoms with E-state index in [1.807, 2.05) is 0 Å². The summed E-state index contributed by atoms with van der Waals surface area (Å²) in [6.07, 6.45) is -4.48. The summed E-state index contributed by atoms with van der Waals surface area (Å²) in [7, 11) is -3.95. The number of urea groups is 1. The van der Waals surface area contributed by atoms with E-state index in [-0.39, 0.29) is 34.1 Å². The van der Waals surface area contributed by atoms with Crippen LogP contribution in [-0.4, -0.2) is 42.4 Å². The van der Waals surface area contributed by atoms with Gasteiger partial charge in [0.1, 0.15) is 0 Å². The molecule has 4 fully saturated rings. The van der Waals surface area contributed by atoms with Crippen molar-refractivity contribution in [1.82, 2.24) is 9.62 Å². The van der Waals surface area contributed by atoms with E-state index in [2.05, 4.69) is 10.0 Å². The van der Waals surface area contributed by atoms with E-state index in [1.165, 1.54) is 4.90 Å². The van der Waals surface area contributed by atoms with Crippen LogP contribution >= 0.6 is 0 Å². The van der Waals surface area contributed by atoms with E-state index in [0.29, 0.717) is 6.54 Å². The number of hydrogen-bond acceptors (Lipinski definition) is 5. The van der Waals surface area contributed by atoms with Crippen molar-refractivity contribution in [3.05, 3.63) is 64.2 Å². The second-order valence-electron chi connectivity index (χ2n) is 8.02. The summed E-state index contributed by atoms with van der Waals surface area (Å²) in [5.41, 5.74) is -1.62. The first-order valence-electron chi connectivity index (χ1n) is 9.48. The topological polar surface area (TPSA) is 122 Å². The van der Waals surface area contributed by atoms with Gasteiger partial charge in [-0.25, -0.2) is 17.9 Å². The number of non-ortho nitro benzene ring substituents is 1. The monoisotopic (exact) mass is 468 g/mol. The molecule has 2 aromatic rings. The number of amides is 2. The van der Waals surface area contributed by atoms with Crippen LogP contribution in [0.25, 0.3) is 0 Å². The van der Waals surface area contributed by atoms with Crippen LogP contribution in [0.3, 0.4) is 0 Å². The molecule has 13 heteroatoms. The number of halogens is 3. The number of nitrogens with zero attached hydrogens (tertiary/aromatic N) is 2. The molecule has 9 nitrogen and oxygen atoms in total. The van der Waals surface area contributed by atoms with Gasteiger partial charge in [0.2, 0.25) is 10.0 Å². The Morgan fingerprint density at radius 1 is 1.12 bits per heavy atom. The maximum atomic E-state index is 12.7. The molecule has 4 atom stereocenters. The fraction of sp³-hybridized carbons (Fsp3) is 0.316. The number of carbonyl (C=O) groups is 1. The minimum Gasteiger partial charge on any atom is -0.319 e. The number of carbonyl (C=O) groups excluding carboxylic acids is 1. The molecule has 1 unspecified atom stereocenters. The maximum Gasteiger partial charge on any atom is 0.416 e. The molecular weight excluding hydrogens is 453 g/mol. The zero-order valence-electron chi connectivity index (χ0n) is 16.0. The molecule has 2 heterocycles. The van der Waals surface area contributed by atoms with Gasteiger partial charge >= 0.3 is 12.2 Å². The lowest BCUT2D eigenvalue weighted by molar-refractivity contribution is -0.384. The van der Waals surface area contributed by atoms with E-state index < -0.39 is 38.3 Å². The molecule has 2 aliphatic heterocycles. The third-order valence-electron chi connectivity index (χ3n) is 6.33. The number of nitro benzene ring substituents is 1. The fourth-order valence-corrected chi connectivity index (χ4v) is 6.17. The van der Waals surface area contributed by atoms with Crippen molar-refractivity contribution < 1.29 is 31.3 Å². The highest BCUT2D eigenvalue weighted by molar-refractivity contribution is 7.89. The molecule has 4 aliphatic rings. The molecular formula is C19H15F3N4O5S. The van der Waals surface area contributed by atoms with Crippen molar-refractivity contribution in [2.24, 2.45) is 11.8 Å². The van der Waals surface area contributed by atoms with Crippen LogP contribution in [0.2, 0.25) is 0 Å². The Morgan fingerprint density at radius 3 is 2.28 bits per heavy atom. The molecule has 2 saturated heterocycles. The van der Waals surface area contributed by atoms with Crippen molar-refractivity contribution in [3.8, 4) is 0 Å². The summed E-state index contributed by atoms with van der Waals surface area (Å²) in [6, 6.07) is 7.68. The average Bonchev–Trinajstić information content (AvgIpc) is 3.38.